The van der Waals surface area contributed by atoms with E-state index in [0.717, 1.165) is 44.8 Å². The second-order valence-corrected chi connectivity index (χ2v) is 10.1. The van der Waals surface area contributed by atoms with Crippen LogP contribution in [-0.4, -0.2) is 41.2 Å². The van der Waals surface area contributed by atoms with E-state index in [1.165, 1.54) is 27.6 Å². The molecule has 4 nitrogen and oxygen atoms in total. The molecule has 2 aromatic heterocycles. The Balaban J connectivity index is 1.74. The Hall–Kier alpha value is -1.30. The fraction of sp³-hybridized carbons (Fsp3) is 0.652. The summed E-state index contributed by atoms with van der Waals surface area (Å²) < 4.78 is 5.96. The number of likely N-dealkylation sites (tertiary alicyclic amines) is 1. The van der Waals surface area contributed by atoms with Crippen molar-refractivity contribution in [2.75, 3.05) is 26.3 Å². The Bertz CT molecular complexity index is 764. The summed E-state index contributed by atoms with van der Waals surface area (Å²) in [4.78, 5) is 13.3. The fourth-order valence-electron chi connectivity index (χ4n) is 4.16. The lowest BCUT2D eigenvalue weighted by molar-refractivity contribution is 0.0384. The van der Waals surface area contributed by atoms with Crippen LogP contribution in [0.4, 0.5) is 0 Å². The van der Waals surface area contributed by atoms with Crippen LogP contribution in [0.3, 0.4) is 0 Å². The van der Waals surface area contributed by atoms with Crippen LogP contribution >= 0.6 is 11.3 Å². The van der Waals surface area contributed by atoms with Gasteiger partial charge in [0.15, 0.2) is 0 Å². The van der Waals surface area contributed by atoms with E-state index in [-0.39, 0.29) is 11.0 Å². The maximum atomic E-state index is 5.96. The van der Waals surface area contributed by atoms with E-state index < -0.39 is 0 Å². The minimum absolute atomic E-state index is 0.0248. The number of nitrogens with zero attached hydrogens (tertiary/aromatic N) is 3. The van der Waals surface area contributed by atoms with Gasteiger partial charge in [0.25, 0.3) is 0 Å². The summed E-state index contributed by atoms with van der Waals surface area (Å²) in [6.45, 7) is 16.8. The highest BCUT2D eigenvalue weighted by molar-refractivity contribution is 7.11. The van der Waals surface area contributed by atoms with Crippen molar-refractivity contribution in [2.45, 2.75) is 66.3 Å². The number of rotatable bonds is 8. The lowest BCUT2D eigenvalue weighted by atomic mass is 9.83. The minimum atomic E-state index is -0.0248. The molecule has 0 spiro atoms. The molecule has 3 rings (SSSR count). The molecule has 1 saturated heterocycles. The monoisotopic (exact) mass is 401 g/mol. The summed E-state index contributed by atoms with van der Waals surface area (Å²) in [6, 6.07) is 4.35. The van der Waals surface area contributed by atoms with Crippen LogP contribution in [0.2, 0.25) is 0 Å². The van der Waals surface area contributed by atoms with E-state index in [4.69, 9.17) is 9.72 Å². The molecule has 0 aliphatic carbocycles. The van der Waals surface area contributed by atoms with Crippen LogP contribution in [-0.2, 0) is 16.7 Å². The van der Waals surface area contributed by atoms with Crippen LogP contribution in [0, 0.1) is 26.2 Å². The van der Waals surface area contributed by atoms with E-state index in [1.807, 2.05) is 24.5 Å². The van der Waals surface area contributed by atoms with Crippen molar-refractivity contribution < 1.29 is 4.74 Å². The summed E-state index contributed by atoms with van der Waals surface area (Å²) >= 11 is 1.85. The van der Waals surface area contributed by atoms with Gasteiger partial charge in [-0.3, -0.25) is 9.88 Å². The molecular weight excluding hydrogens is 366 g/mol. The summed E-state index contributed by atoms with van der Waals surface area (Å²) in [6.07, 6.45) is 5.41. The quantitative estimate of drug-likeness (QED) is 0.620. The maximum absolute atomic E-state index is 5.96. The molecule has 1 aliphatic heterocycles. The Morgan fingerprint density at radius 2 is 2.04 bits per heavy atom. The van der Waals surface area contributed by atoms with Crippen LogP contribution in [0.15, 0.2) is 18.3 Å². The highest BCUT2D eigenvalue weighted by Crippen LogP contribution is 2.42. The van der Waals surface area contributed by atoms with Gasteiger partial charge in [-0.05, 0) is 79.0 Å². The largest absolute Gasteiger partial charge is 0.381 e. The molecular formula is C23H35N3OS. The smallest absolute Gasteiger partial charge is 0.0931 e. The average molecular weight is 402 g/mol. The Labute approximate surface area is 174 Å². The third-order valence-electron chi connectivity index (χ3n) is 6.40. The van der Waals surface area contributed by atoms with Crippen LogP contribution < -0.4 is 0 Å². The van der Waals surface area contributed by atoms with Crippen molar-refractivity contribution in [1.82, 2.24) is 14.9 Å². The SMILES string of the molecule is CCOC[C@@]1(CCc2nc(C)c(C)s2)CCN(C(C)(C)c2ccc(C)nc2)C1. The van der Waals surface area contributed by atoms with Crippen molar-refractivity contribution in [3.63, 3.8) is 0 Å². The molecule has 1 aliphatic rings. The van der Waals surface area contributed by atoms with Crippen molar-refractivity contribution in [2.24, 2.45) is 5.41 Å². The van der Waals surface area contributed by atoms with E-state index in [1.54, 1.807) is 0 Å². The van der Waals surface area contributed by atoms with Gasteiger partial charge in [-0.2, -0.15) is 0 Å². The number of hydrogen-bond acceptors (Lipinski definition) is 5. The first-order valence-electron chi connectivity index (χ1n) is 10.4. The number of thiazole rings is 1. The molecule has 2 aromatic rings. The van der Waals surface area contributed by atoms with Gasteiger partial charge >= 0.3 is 0 Å². The molecule has 0 amide bonds. The van der Waals surface area contributed by atoms with Gasteiger partial charge in [0, 0.05) is 40.9 Å². The molecule has 154 valence electrons. The van der Waals surface area contributed by atoms with E-state index in [2.05, 4.69) is 56.6 Å². The molecule has 1 atom stereocenters. The number of aryl methyl sites for hydroxylation is 4. The molecule has 0 saturated carbocycles. The summed E-state index contributed by atoms with van der Waals surface area (Å²) in [5, 5.41) is 1.27. The van der Waals surface area contributed by atoms with Crippen LogP contribution in [0.1, 0.15) is 60.4 Å². The fourth-order valence-corrected chi connectivity index (χ4v) is 5.09. The van der Waals surface area contributed by atoms with Gasteiger partial charge in [-0.25, -0.2) is 4.98 Å². The molecule has 5 heteroatoms. The molecule has 0 unspecified atom stereocenters. The minimum Gasteiger partial charge on any atom is -0.381 e. The zero-order chi connectivity index (χ0) is 20.4. The third kappa shape index (κ3) is 4.64. The van der Waals surface area contributed by atoms with Crippen molar-refractivity contribution in [1.29, 1.82) is 0 Å². The normalized spacial score (nSPS) is 20.8. The first-order chi connectivity index (χ1) is 13.3. The number of ether oxygens (including phenoxy) is 1. The highest BCUT2D eigenvalue weighted by Gasteiger charge is 2.43. The van der Waals surface area contributed by atoms with Gasteiger partial charge in [0.2, 0.25) is 0 Å². The predicted molar refractivity (Wildman–Crippen MR) is 117 cm³/mol. The molecule has 3 heterocycles. The highest BCUT2D eigenvalue weighted by atomic mass is 32.1. The van der Waals surface area contributed by atoms with E-state index in [9.17, 15) is 0 Å². The summed E-state index contributed by atoms with van der Waals surface area (Å²) in [5.41, 5.74) is 3.72. The van der Waals surface area contributed by atoms with Gasteiger partial charge in [0.1, 0.15) is 0 Å². The third-order valence-corrected chi connectivity index (χ3v) is 7.53. The first-order valence-corrected chi connectivity index (χ1v) is 11.3. The first kappa shape index (κ1) is 21.4. The molecule has 0 aromatic carbocycles. The zero-order valence-corrected chi connectivity index (χ0v) is 19.2. The van der Waals surface area contributed by atoms with E-state index in [0.29, 0.717) is 0 Å². The van der Waals surface area contributed by atoms with Crippen LogP contribution in [0.5, 0.6) is 0 Å². The van der Waals surface area contributed by atoms with E-state index >= 15 is 0 Å². The van der Waals surface area contributed by atoms with Gasteiger partial charge < -0.3 is 4.74 Å². The summed E-state index contributed by atoms with van der Waals surface area (Å²) in [7, 11) is 0. The van der Waals surface area contributed by atoms with Crippen LogP contribution in [0.25, 0.3) is 0 Å². The molecule has 0 bridgehead atoms. The van der Waals surface area contributed by atoms with Gasteiger partial charge in [-0.15, -0.1) is 11.3 Å². The van der Waals surface area contributed by atoms with Crippen molar-refractivity contribution in [3.05, 3.63) is 45.2 Å². The van der Waals surface area contributed by atoms with Crippen molar-refractivity contribution >= 4 is 11.3 Å². The van der Waals surface area contributed by atoms with Crippen molar-refractivity contribution in [3.8, 4) is 0 Å². The second kappa shape index (κ2) is 8.60. The number of pyridine rings is 1. The zero-order valence-electron chi connectivity index (χ0n) is 18.3. The van der Waals surface area contributed by atoms with Gasteiger partial charge in [-0.1, -0.05) is 6.07 Å². The molecule has 28 heavy (non-hydrogen) atoms. The second-order valence-electron chi connectivity index (χ2n) is 8.81. The standard InChI is InChI=1S/C23H35N3OS/c1-7-27-16-23(11-10-21-25-18(3)19(4)28-21)12-13-26(15-23)22(5,6)20-9-8-17(2)24-14-20/h8-9,14H,7,10-13,15-16H2,1-6H3/t23-/m0/s1. The molecule has 1 fully saturated rings. The Morgan fingerprint density at radius 1 is 1.25 bits per heavy atom. The lowest BCUT2D eigenvalue weighted by Gasteiger charge is -2.38. The topological polar surface area (TPSA) is 38.2 Å². The maximum Gasteiger partial charge on any atom is 0.0931 e. The summed E-state index contributed by atoms with van der Waals surface area (Å²) in [5.74, 6) is 0. The van der Waals surface area contributed by atoms with Gasteiger partial charge in [0.05, 0.1) is 17.3 Å². The lowest BCUT2D eigenvalue weighted by Crippen LogP contribution is -2.42. The Morgan fingerprint density at radius 3 is 2.64 bits per heavy atom. The number of hydrogen-bond donors (Lipinski definition) is 0. The average Bonchev–Trinajstić information content (AvgIpc) is 3.23. The Kier molecular flexibility index (Phi) is 6.58. The predicted octanol–water partition coefficient (Wildman–Crippen LogP) is 5.06. The molecule has 0 radical (unpaired) electrons. The molecule has 0 N–H and O–H groups in total. The number of aromatic nitrogens is 2.